The average Bonchev–Trinajstić information content (AvgIpc) is 3.00. The van der Waals surface area contributed by atoms with Gasteiger partial charge in [0.15, 0.2) is 11.2 Å². The summed E-state index contributed by atoms with van der Waals surface area (Å²) in [5, 5.41) is 9.37. The second-order valence-corrected chi connectivity index (χ2v) is 9.60. The van der Waals surface area contributed by atoms with E-state index in [0.717, 1.165) is 0 Å². The summed E-state index contributed by atoms with van der Waals surface area (Å²) in [6.45, 7) is -0.366. The number of nitrogens with two attached hydrogens (primary N) is 1. The van der Waals surface area contributed by atoms with E-state index in [1.54, 1.807) is 0 Å². The van der Waals surface area contributed by atoms with Crippen LogP contribution in [0.2, 0.25) is 0 Å². The number of H-pyrrole nitrogens is 1. The molecule has 23 heavy (non-hydrogen) atoms. The van der Waals surface area contributed by atoms with Gasteiger partial charge >= 0.3 is 0 Å². The summed E-state index contributed by atoms with van der Waals surface area (Å²) in [5.41, 5.74) is 1.82. The van der Waals surface area contributed by atoms with Crippen LogP contribution < -0.4 is 16.2 Å². The second-order valence-electron chi connectivity index (χ2n) is 4.91. The highest BCUT2D eigenvalue weighted by molar-refractivity contribution is 8.50. The van der Waals surface area contributed by atoms with Crippen LogP contribution in [0.15, 0.2) is 11.1 Å². The van der Waals surface area contributed by atoms with Crippen molar-refractivity contribution >= 4 is 46.9 Å². The molecule has 3 heterocycles. The molecule has 0 spiro atoms. The zero-order valence-electron chi connectivity index (χ0n) is 11.5. The Morgan fingerprint density at radius 1 is 1.74 bits per heavy atom. The minimum Gasteiger partial charge on any atom is -0.819 e. The lowest BCUT2D eigenvalue weighted by Gasteiger charge is -2.38. The topological polar surface area (TPSA) is 151 Å². The average molecular weight is 377 g/mol. The largest absolute Gasteiger partial charge is 0.819 e. The maximum atomic E-state index is 11.8. The molecule has 1 fully saturated rings. The number of aliphatic hydroxyl groups excluding tert-OH is 1. The van der Waals surface area contributed by atoms with E-state index in [4.69, 9.17) is 15.0 Å². The Labute approximate surface area is 140 Å². The molecule has 10 nitrogen and oxygen atoms in total. The number of imidazole rings is 1. The molecule has 0 aliphatic carbocycles. The Kier molecular flexibility index (Phi) is 4.49. The third kappa shape index (κ3) is 3.43. The smallest absolute Gasteiger partial charge is 0.280 e. The monoisotopic (exact) mass is 377 g/mol. The molecule has 13 heteroatoms. The van der Waals surface area contributed by atoms with Crippen molar-refractivity contribution in [1.82, 2.24) is 19.5 Å². The number of ether oxygens (including phenoxy) is 1. The van der Waals surface area contributed by atoms with Crippen LogP contribution in [0.25, 0.3) is 11.2 Å². The zero-order chi connectivity index (χ0) is 16.8. The minimum atomic E-state index is -3.57. The van der Waals surface area contributed by atoms with Crippen molar-refractivity contribution in [3.63, 3.8) is 0 Å². The van der Waals surface area contributed by atoms with Gasteiger partial charge in [-0.2, -0.15) is 4.98 Å². The van der Waals surface area contributed by atoms with Gasteiger partial charge in [-0.05, 0) is 0 Å². The van der Waals surface area contributed by atoms with Gasteiger partial charge in [-0.3, -0.25) is 14.3 Å². The van der Waals surface area contributed by atoms with Crippen molar-refractivity contribution in [3.8, 4) is 0 Å². The minimum absolute atomic E-state index is 0.0608. The lowest BCUT2D eigenvalue weighted by molar-refractivity contribution is -0.180. The van der Waals surface area contributed by atoms with Gasteiger partial charge in [0.05, 0.1) is 19.0 Å². The number of aliphatic hydroxyl groups is 1. The van der Waals surface area contributed by atoms with Crippen molar-refractivity contribution in [3.05, 3.63) is 16.7 Å². The first-order valence-corrected chi connectivity index (χ1v) is 10.1. The van der Waals surface area contributed by atoms with Crippen LogP contribution in [-0.2, 0) is 33.3 Å². The van der Waals surface area contributed by atoms with Gasteiger partial charge in [0, 0.05) is 6.42 Å². The van der Waals surface area contributed by atoms with Gasteiger partial charge in [0.1, 0.15) is 12.3 Å². The summed E-state index contributed by atoms with van der Waals surface area (Å²) in [6, 6.07) is 0. The first kappa shape index (κ1) is 16.8. The van der Waals surface area contributed by atoms with E-state index in [2.05, 4.69) is 39.0 Å². The Bertz CT molecular complexity index is 835. The fourth-order valence-corrected chi connectivity index (χ4v) is 3.68. The summed E-state index contributed by atoms with van der Waals surface area (Å²) in [6.07, 6.45) is -0.553. The van der Waals surface area contributed by atoms with Crippen LogP contribution in [0.4, 0.5) is 5.95 Å². The Hall–Kier alpha value is -1.01. The summed E-state index contributed by atoms with van der Waals surface area (Å²) in [4.78, 5) is 33.6. The van der Waals surface area contributed by atoms with E-state index in [-0.39, 0.29) is 30.1 Å². The van der Waals surface area contributed by atoms with E-state index in [1.165, 1.54) is 10.9 Å². The molecular formula is C10H12N5O5PS2-2. The maximum absolute atomic E-state index is 11.8. The van der Waals surface area contributed by atoms with Gasteiger partial charge in [-0.15, -0.1) is 17.5 Å². The van der Waals surface area contributed by atoms with Gasteiger partial charge in [-0.25, -0.2) is 4.98 Å². The molecule has 0 amide bonds. The van der Waals surface area contributed by atoms with Crippen LogP contribution >= 0.6 is 5.69 Å². The number of fused-ring (bicyclic) bond motifs is 1. The van der Waals surface area contributed by atoms with Gasteiger partial charge in [0.2, 0.25) is 5.95 Å². The van der Waals surface area contributed by atoms with Crippen molar-refractivity contribution in [2.45, 2.75) is 24.9 Å². The van der Waals surface area contributed by atoms with E-state index >= 15 is 0 Å². The number of hydrogen-bond acceptors (Lipinski definition) is 10. The first-order chi connectivity index (χ1) is 10.8. The third-order valence-electron chi connectivity index (χ3n) is 3.39. The van der Waals surface area contributed by atoms with E-state index in [0.29, 0.717) is 0 Å². The Morgan fingerprint density at radius 3 is 3.13 bits per heavy atom. The molecule has 2 aromatic heterocycles. The number of aromatic amines is 1. The number of anilines is 1. The highest BCUT2D eigenvalue weighted by atomic mass is 32.9. The molecule has 0 radical (unpaired) electrons. The summed E-state index contributed by atoms with van der Waals surface area (Å²) in [7, 11) is 0. The molecule has 1 aliphatic heterocycles. The SMILES string of the molecule is Nc1nc2c(ncn2C2CC(OP([O-])(=S)[S-])C(CO)O2)c(=O)[nH]1. The molecule has 0 saturated carbocycles. The van der Waals surface area contributed by atoms with Gasteiger partial charge in [0.25, 0.3) is 5.56 Å². The lowest BCUT2D eigenvalue weighted by atomic mass is 10.2. The highest BCUT2D eigenvalue weighted by Crippen LogP contribution is 2.42. The highest BCUT2D eigenvalue weighted by Gasteiger charge is 2.37. The molecular weight excluding hydrogens is 365 g/mol. The predicted molar refractivity (Wildman–Crippen MR) is 84.7 cm³/mol. The molecule has 2 aromatic rings. The molecule has 0 bridgehead atoms. The normalized spacial score (nSPS) is 27.3. The van der Waals surface area contributed by atoms with Crippen molar-refractivity contribution < 1.29 is 19.3 Å². The predicted octanol–water partition coefficient (Wildman–Crippen LogP) is -1.50. The Balaban J connectivity index is 1.94. The van der Waals surface area contributed by atoms with Gasteiger partial charge in [-0.1, -0.05) is 0 Å². The number of rotatable bonds is 4. The number of hydrogen-bond donors (Lipinski definition) is 3. The second kappa shape index (κ2) is 6.13. The van der Waals surface area contributed by atoms with Crippen LogP contribution in [-0.4, -0.2) is 43.4 Å². The molecule has 4 N–H and O–H groups in total. The summed E-state index contributed by atoms with van der Waals surface area (Å²) < 4.78 is 12.3. The molecule has 126 valence electrons. The van der Waals surface area contributed by atoms with Crippen molar-refractivity contribution in [2.24, 2.45) is 0 Å². The first-order valence-electron chi connectivity index (χ1n) is 6.47. The maximum Gasteiger partial charge on any atom is 0.280 e. The molecule has 4 atom stereocenters. The summed E-state index contributed by atoms with van der Waals surface area (Å²) >= 11 is 9.18. The summed E-state index contributed by atoms with van der Waals surface area (Å²) in [5.74, 6) is -0.0608. The Morgan fingerprint density at radius 2 is 2.48 bits per heavy atom. The van der Waals surface area contributed by atoms with Crippen molar-refractivity contribution in [2.75, 3.05) is 12.3 Å². The van der Waals surface area contributed by atoms with Crippen LogP contribution in [0.3, 0.4) is 0 Å². The fourth-order valence-electron chi connectivity index (χ4n) is 2.47. The van der Waals surface area contributed by atoms with Crippen LogP contribution in [0, 0.1) is 0 Å². The van der Waals surface area contributed by atoms with Crippen molar-refractivity contribution in [1.29, 1.82) is 0 Å². The number of nitrogens with zero attached hydrogens (tertiary/aromatic N) is 3. The standard InChI is InChI=1S/C10H14N5O5PS2/c11-10-13-8-7(9(17)14-10)12-3-15(8)6-1-4(5(2-16)19-6)20-21(18,22)23/h3-6,16H,1-2H2,(H2,18,22,23)(H3,11,13,14,17)/p-2. The number of aromatic nitrogens is 4. The van der Waals surface area contributed by atoms with E-state index < -0.39 is 29.7 Å². The molecule has 3 rings (SSSR count). The van der Waals surface area contributed by atoms with Crippen LogP contribution in [0.1, 0.15) is 12.6 Å². The van der Waals surface area contributed by atoms with Crippen LogP contribution in [0.5, 0.6) is 0 Å². The molecule has 1 aliphatic rings. The molecule has 4 unspecified atom stereocenters. The molecule has 0 aromatic carbocycles. The zero-order valence-corrected chi connectivity index (χ0v) is 14.0. The lowest BCUT2D eigenvalue weighted by Crippen LogP contribution is -2.28. The third-order valence-corrected chi connectivity index (χ3v) is 4.43. The number of nitrogen functional groups attached to an aromatic ring is 1. The van der Waals surface area contributed by atoms with Gasteiger partial charge < -0.3 is 37.2 Å². The molecule has 1 saturated heterocycles. The fraction of sp³-hybridized carbons (Fsp3) is 0.500. The van der Waals surface area contributed by atoms with E-state index in [1.807, 2.05) is 0 Å². The quantitative estimate of drug-likeness (QED) is 0.424. The van der Waals surface area contributed by atoms with E-state index in [9.17, 15) is 14.8 Å². The number of nitrogens with one attached hydrogen (secondary N) is 1.